The molecule has 0 bridgehead atoms. The first kappa shape index (κ1) is 13.6. The van der Waals surface area contributed by atoms with Crippen LogP contribution in [0.2, 0.25) is 0 Å². The third-order valence-electron chi connectivity index (χ3n) is 1.73. The second-order valence-electron chi connectivity index (χ2n) is 2.81. The van der Waals surface area contributed by atoms with E-state index in [0.717, 1.165) is 0 Å². The number of aromatic nitrogens is 1. The van der Waals surface area contributed by atoms with Crippen LogP contribution in [0.3, 0.4) is 0 Å². The van der Waals surface area contributed by atoms with Crippen molar-refractivity contribution in [2.24, 2.45) is 0 Å². The minimum atomic E-state index is -4.71. The molecule has 0 aliphatic heterocycles. The van der Waals surface area contributed by atoms with Gasteiger partial charge in [0, 0.05) is 5.88 Å². The molecular weight excluding hydrogens is 320 g/mol. The molecule has 0 saturated carbocycles. The quantitative estimate of drug-likeness (QED) is 0.442. The van der Waals surface area contributed by atoms with Crippen LogP contribution in [-0.4, -0.2) is 4.98 Å². The van der Waals surface area contributed by atoms with E-state index >= 15 is 0 Å². The van der Waals surface area contributed by atoms with Crippen molar-refractivity contribution in [2.75, 3.05) is 0 Å². The number of hydrogen-bond acceptors (Lipinski definition) is 1. The number of alkyl halides is 6. The third kappa shape index (κ3) is 2.82. The van der Waals surface area contributed by atoms with E-state index < -0.39 is 39.9 Å². The summed E-state index contributed by atoms with van der Waals surface area (Å²) in [7, 11) is 0. The fourth-order valence-electron chi connectivity index (χ4n) is 1.05. The summed E-state index contributed by atoms with van der Waals surface area (Å²) in [6.45, 7) is 0. The van der Waals surface area contributed by atoms with Gasteiger partial charge in [-0.3, -0.25) is 0 Å². The molecule has 0 N–H and O–H groups in total. The first-order valence-electron chi connectivity index (χ1n) is 3.88. The fourth-order valence-corrected chi connectivity index (χ4v) is 1.72. The summed E-state index contributed by atoms with van der Waals surface area (Å²) in [5, 5.41) is 0. The minimum absolute atomic E-state index is 0.465. The van der Waals surface area contributed by atoms with Crippen molar-refractivity contribution in [2.45, 2.75) is 18.5 Å². The highest BCUT2D eigenvalue weighted by Gasteiger charge is 2.36. The average molecular weight is 324 g/mol. The lowest BCUT2D eigenvalue weighted by molar-refractivity contribution is -0.141. The zero-order chi connectivity index (χ0) is 12.5. The first-order chi connectivity index (χ1) is 7.27. The Hall–Kier alpha value is -0.430. The third-order valence-corrected chi connectivity index (χ3v) is 2.65. The molecule has 1 aromatic heterocycles. The van der Waals surface area contributed by atoms with Gasteiger partial charge in [-0.25, -0.2) is 13.8 Å². The maximum absolute atomic E-state index is 12.4. The normalized spacial score (nSPS) is 12.2. The Bertz CT molecular complexity index is 393. The van der Waals surface area contributed by atoms with Crippen LogP contribution >= 0.6 is 27.5 Å². The molecule has 16 heavy (non-hydrogen) atoms. The Morgan fingerprint density at radius 2 is 1.94 bits per heavy atom. The molecular formula is C8H4BrClF5N. The maximum atomic E-state index is 12.4. The van der Waals surface area contributed by atoms with Crippen LogP contribution in [0.1, 0.15) is 23.2 Å². The molecule has 0 unspecified atom stereocenters. The van der Waals surface area contributed by atoms with Crippen LogP contribution in [0, 0.1) is 0 Å². The van der Waals surface area contributed by atoms with Gasteiger partial charge in [-0.1, -0.05) is 0 Å². The molecule has 0 atom stereocenters. The summed E-state index contributed by atoms with van der Waals surface area (Å²) in [6, 6.07) is 0.706. The summed E-state index contributed by atoms with van der Waals surface area (Å²) in [6.07, 6.45) is -7.63. The second kappa shape index (κ2) is 4.83. The molecule has 0 aromatic carbocycles. The number of pyridine rings is 1. The van der Waals surface area contributed by atoms with Crippen molar-refractivity contribution in [1.29, 1.82) is 0 Å². The summed E-state index contributed by atoms with van der Waals surface area (Å²) >= 11 is 7.84. The highest BCUT2D eigenvalue weighted by atomic mass is 79.9. The number of hydrogen-bond donors (Lipinski definition) is 0. The second-order valence-corrected chi connectivity index (χ2v) is 3.83. The molecule has 0 aliphatic carbocycles. The van der Waals surface area contributed by atoms with Gasteiger partial charge in [-0.05, 0) is 27.6 Å². The Balaban J connectivity index is 3.38. The standard InChI is InChI=1S/C8H4BrClF5N/c9-6-4(7(11)12)1-3(2-10)5(16-6)8(13,14)15/h1,7H,2H2. The van der Waals surface area contributed by atoms with Crippen LogP contribution in [0.25, 0.3) is 0 Å². The minimum Gasteiger partial charge on any atom is -0.236 e. The van der Waals surface area contributed by atoms with Crippen molar-refractivity contribution in [3.8, 4) is 0 Å². The van der Waals surface area contributed by atoms with E-state index in [1.165, 1.54) is 0 Å². The summed E-state index contributed by atoms with van der Waals surface area (Å²) in [5.41, 5.74) is -2.32. The van der Waals surface area contributed by atoms with Gasteiger partial charge in [0.05, 0.1) is 5.56 Å². The molecule has 1 aromatic rings. The SMILES string of the molecule is FC(F)c1cc(CCl)c(C(F)(F)F)nc1Br. The molecule has 1 rings (SSSR count). The molecule has 0 saturated heterocycles. The van der Waals surface area contributed by atoms with Crippen LogP contribution in [0.5, 0.6) is 0 Å². The Morgan fingerprint density at radius 1 is 1.38 bits per heavy atom. The van der Waals surface area contributed by atoms with Crippen LogP contribution in [0.15, 0.2) is 10.7 Å². The van der Waals surface area contributed by atoms with Gasteiger partial charge < -0.3 is 0 Å². The van der Waals surface area contributed by atoms with Gasteiger partial charge in [-0.15, -0.1) is 11.6 Å². The van der Waals surface area contributed by atoms with Crippen molar-refractivity contribution >= 4 is 27.5 Å². The molecule has 0 fully saturated rings. The maximum Gasteiger partial charge on any atom is 0.433 e. The van der Waals surface area contributed by atoms with Gasteiger partial charge >= 0.3 is 6.18 Å². The lowest BCUT2D eigenvalue weighted by Gasteiger charge is -2.13. The molecule has 1 heterocycles. The van der Waals surface area contributed by atoms with Gasteiger partial charge in [0.1, 0.15) is 10.3 Å². The van der Waals surface area contributed by atoms with Crippen molar-refractivity contribution < 1.29 is 22.0 Å². The number of rotatable bonds is 2. The first-order valence-corrected chi connectivity index (χ1v) is 5.20. The number of halogens is 7. The molecule has 0 radical (unpaired) electrons. The van der Waals surface area contributed by atoms with Crippen molar-refractivity contribution in [1.82, 2.24) is 4.98 Å². The van der Waals surface area contributed by atoms with Crippen molar-refractivity contribution in [3.05, 3.63) is 27.5 Å². The van der Waals surface area contributed by atoms with Gasteiger partial charge in [0.2, 0.25) is 0 Å². The van der Waals surface area contributed by atoms with Crippen LogP contribution in [-0.2, 0) is 12.1 Å². The predicted octanol–water partition coefficient (Wildman–Crippen LogP) is 4.54. The average Bonchev–Trinajstić information content (AvgIpc) is 2.15. The summed E-state index contributed by atoms with van der Waals surface area (Å²) in [5.74, 6) is -0.533. The van der Waals surface area contributed by atoms with E-state index in [2.05, 4.69) is 20.9 Å². The lowest BCUT2D eigenvalue weighted by Crippen LogP contribution is -2.13. The molecule has 0 amide bonds. The van der Waals surface area contributed by atoms with Gasteiger partial charge in [0.15, 0.2) is 0 Å². The van der Waals surface area contributed by atoms with Crippen LogP contribution in [0.4, 0.5) is 22.0 Å². The largest absolute Gasteiger partial charge is 0.433 e. The topological polar surface area (TPSA) is 12.9 Å². The highest BCUT2D eigenvalue weighted by molar-refractivity contribution is 9.10. The van der Waals surface area contributed by atoms with E-state index in [9.17, 15) is 22.0 Å². The Labute approximate surface area is 101 Å². The van der Waals surface area contributed by atoms with E-state index in [0.29, 0.717) is 6.07 Å². The predicted molar refractivity (Wildman–Crippen MR) is 51.5 cm³/mol. The molecule has 0 aliphatic rings. The zero-order valence-electron chi connectivity index (χ0n) is 7.45. The Morgan fingerprint density at radius 3 is 2.31 bits per heavy atom. The zero-order valence-corrected chi connectivity index (χ0v) is 9.80. The molecule has 0 spiro atoms. The Kier molecular flexibility index (Phi) is 4.12. The smallest absolute Gasteiger partial charge is 0.236 e. The monoisotopic (exact) mass is 323 g/mol. The molecule has 1 nitrogen and oxygen atoms in total. The van der Waals surface area contributed by atoms with E-state index in [4.69, 9.17) is 11.6 Å². The molecule has 8 heteroatoms. The van der Waals surface area contributed by atoms with E-state index in [-0.39, 0.29) is 0 Å². The van der Waals surface area contributed by atoms with Crippen LogP contribution < -0.4 is 0 Å². The van der Waals surface area contributed by atoms with Gasteiger partial charge in [0.25, 0.3) is 6.43 Å². The summed E-state index contributed by atoms with van der Waals surface area (Å²) in [4.78, 5) is 3.06. The highest BCUT2D eigenvalue weighted by Crippen LogP contribution is 2.35. The fraction of sp³-hybridized carbons (Fsp3) is 0.375. The molecule has 90 valence electrons. The van der Waals surface area contributed by atoms with Gasteiger partial charge in [-0.2, -0.15) is 13.2 Å². The number of nitrogens with zero attached hydrogens (tertiary/aromatic N) is 1. The lowest BCUT2D eigenvalue weighted by atomic mass is 10.1. The van der Waals surface area contributed by atoms with E-state index in [1.54, 1.807) is 0 Å². The van der Waals surface area contributed by atoms with Crippen molar-refractivity contribution in [3.63, 3.8) is 0 Å². The van der Waals surface area contributed by atoms with E-state index in [1.807, 2.05) is 0 Å². The summed E-state index contributed by atoms with van der Waals surface area (Å²) < 4.78 is 61.5.